The Balaban J connectivity index is 2.39. The Morgan fingerprint density at radius 1 is 1.08 bits per heavy atom. The molecule has 26 heavy (non-hydrogen) atoms. The first kappa shape index (κ1) is 19.2. The second-order valence-electron chi connectivity index (χ2n) is 4.75. The van der Waals surface area contributed by atoms with Crippen LogP contribution < -0.4 is 5.32 Å². The second-order valence-corrected chi connectivity index (χ2v) is 4.75. The van der Waals surface area contributed by atoms with Crippen molar-refractivity contribution < 1.29 is 45.4 Å². The van der Waals surface area contributed by atoms with E-state index in [1.165, 1.54) is 5.32 Å². The zero-order valence-corrected chi connectivity index (χ0v) is 12.2. The van der Waals surface area contributed by atoms with Gasteiger partial charge in [-0.25, -0.2) is 17.6 Å². The Morgan fingerprint density at radius 2 is 1.62 bits per heavy atom. The quantitative estimate of drug-likeness (QED) is 0.626. The summed E-state index contributed by atoms with van der Waals surface area (Å²) in [5.41, 5.74) is -5.17. The number of carboxylic acids is 1. The Morgan fingerprint density at radius 3 is 2.08 bits per heavy atom. The van der Waals surface area contributed by atoms with Gasteiger partial charge in [-0.15, -0.1) is 0 Å². The lowest BCUT2D eigenvalue weighted by Crippen LogP contribution is -2.21. The lowest BCUT2D eigenvalue weighted by Gasteiger charge is -2.14. The molecule has 13 heteroatoms. The zero-order valence-electron chi connectivity index (χ0n) is 12.2. The number of benzene rings is 1. The third-order valence-electron chi connectivity index (χ3n) is 2.96. The molecule has 0 aliphatic heterocycles. The number of carboxylic acid groups (broad SMARTS) is 1. The topological polar surface area (TPSA) is 84.2 Å². The molecule has 1 aromatic carbocycles. The fraction of sp³-hybridized carbons (Fsp3) is 0.154. The van der Waals surface area contributed by atoms with Gasteiger partial charge in [0.25, 0.3) is 5.91 Å². The number of nitrogens with zero attached hydrogens (tertiary/aromatic N) is 2. The highest BCUT2D eigenvalue weighted by atomic mass is 19.4. The number of amides is 1. The molecular weight excluding hydrogens is 379 g/mol. The van der Waals surface area contributed by atoms with Gasteiger partial charge >= 0.3 is 12.1 Å². The van der Waals surface area contributed by atoms with Crippen LogP contribution in [0, 0.1) is 23.3 Å². The van der Waals surface area contributed by atoms with Crippen molar-refractivity contribution in [3.63, 3.8) is 0 Å². The number of hydrogen-bond acceptors (Lipinski definition) is 3. The molecule has 0 atom stereocenters. The largest absolute Gasteiger partial charge is 0.480 e. The standard InChI is InChI=1S/C13H6F7N3O3/c14-7-6(13(18,19)20)8(15)10(17)11(9(7)16)21-12(26)4-1-2-23(22-4)3-5(24)25/h1-2H,3H2,(H,21,26)(H,24,25). The number of aromatic nitrogens is 2. The van der Waals surface area contributed by atoms with E-state index < -0.39 is 64.8 Å². The molecular formula is C13H6F7N3O3. The summed E-state index contributed by atoms with van der Waals surface area (Å²) in [6.45, 7) is -0.667. The molecule has 0 saturated heterocycles. The first-order valence-electron chi connectivity index (χ1n) is 6.43. The summed E-state index contributed by atoms with van der Waals surface area (Å²) in [5, 5.41) is 13.3. The van der Waals surface area contributed by atoms with Crippen LogP contribution in [0.4, 0.5) is 36.4 Å². The van der Waals surface area contributed by atoms with Gasteiger partial charge in [0.2, 0.25) is 0 Å². The zero-order chi connectivity index (χ0) is 19.8. The van der Waals surface area contributed by atoms with E-state index >= 15 is 0 Å². The lowest BCUT2D eigenvalue weighted by atomic mass is 10.1. The number of aliphatic carboxylic acids is 1. The highest BCUT2D eigenvalue weighted by Gasteiger charge is 2.42. The van der Waals surface area contributed by atoms with Gasteiger partial charge in [-0.05, 0) is 6.07 Å². The van der Waals surface area contributed by atoms with E-state index in [1.807, 2.05) is 0 Å². The van der Waals surface area contributed by atoms with Gasteiger partial charge in [0.1, 0.15) is 17.8 Å². The summed E-state index contributed by atoms with van der Waals surface area (Å²) in [5.74, 6) is -13.2. The fourth-order valence-electron chi connectivity index (χ4n) is 1.88. The minimum atomic E-state index is -5.71. The summed E-state index contributed by atoms with van der Waals surface area (Å²) < 4.78 is 92.5. The Labute approximate surface area is 138 Å². The van der Waals surface area contributed by atoms with Gasteiger partial charge < -0.3 is 10.4 Å². The molecule has 140 valence electrons. The number of alkyl halides is 3. The van der Waals surface area contributed by atoms with Crippen LogP contribution in [0.15, 0.2) is 12.3 Å². The van der Waals surface area contributed by atoms with E-state index in [9.17, 15) is 40.3 Å². The monoisotopic (exact) mass is 385 g/mol. The predicted octanol–water partition coefficient (Wildman–Crippen LogP) is 2.80. The Bertz CT molecular complexity index is 863. The van der Waals surface area contributed by atoms with Gasteiger partial charge in [0.05, 0.1) is 0 Å². The molecule has 0 spiro atoms. The van der Waals surface area contributed by atoms with Crippen LogP contribution in [0.1, 0.15) is 16.1 Å². The van der Waals surface area contributed by atoms with E-state index in [0.717, 1.165) is 16.9 Å². The van der Waals surface area contributed by atoms with Gasteiger partial charge in [-0.3, -0.25) is 14.3 Å². The predicted molar refractivity (Wildman–Crippen MR) is 69.1 cm³/mol. The molecule has 1 amide bonds. The van der Waals surface area contributed by atoms with Crippen molar-refractivity contribution in [3.05, 3.63) is 46.8 Å². The fourth-order valence-corrected chi connectivity index (χ4v) is 1.88. The molecule has 0 aliphatic rings. The smallest absolute Gasteiger partial charge is 0.422 e. The summed E-state index contributed by atoms with van der Waals surface area (Å²) in [6, 6.07) is 0.908. The van der Waals surface area contributed by atoms with Crippen LogP contribution in [0.3, 0.4) is 0 Å². The average Bonchev–Trinajstić information content (AvgIpc) is 2.96. The van der Waals surface area contributed by atoms with Crippen molar-refractivity contribution in [2.24, 2.45) is 0 Å². The van der Waals surface area contributed by atoms with E-state index in [0.29, 0.717) is 0 Å². The minimum Gasteiger partial charge on any atom is -0.480 e. The SMILES string of the molecule is O=C(O)Cn1ccc(C(=O)Nc2c(F)c(F)c(C(F)(F)F)c(F)c2F)n1. The average molecular weight is 385 g/mol. The van der Waals surface area contributed by atoms with Gasteiger partial charge in [-0.1, -0.05) is 0 Å². The number of anilines is 1. The van der Waals surface area contributed by atoms with Crippen molar-refractivity contribution in [3.8, 4) is 0 Å². The number of carbonyl (C=O) groups is 2. The maximum atomic E-state index is 13.7. The van der Waals surface area contributed by atoms with Crippen LogP contribution in [-0.2, 0) is 17.5 Å². The minimum absolute atomic E-state index is 0.606. The molecule has 0 bridgehead atoms. The molecule has 0 radical (unpaired) electrons. The maximum absolute atomic E-state index is 13.7. The highest BCUT2D eigenvalue weighted by Crippen LogP contribution is 2.38. The highest BCUT2D eigenvalue weighted by molar-refractivity contribution is 6.03. The summed E-state index contributed by atoms with van der Waals surface area (Å²) >= 11 is 0. The van der Waals surface area contributed by atoms with Gasteiger partial charge in [0.15, 0.2) is 29.0 Å². The molecule has 6 nitrogen and oxygen atoms in total. The number of rotatable bonds is 4. The summed E-state index contributed by atoms with van der Waals surface area (Å²) in [6.07, 6.45) is -4.71. The Hall–Kier alpha value is -3.12. The number of carbonyl (C=O) groups excluding carboxylic acids is 1. The van der Waals surface area contributed by atoms with Crippen LogP contribution in [0.2, 0.25) is 0 Å². The normalized spacial score (nSPS) is 11.5. The van der Waals surface area contributed by atoms with Crippen molar-refractivity contribution >= 4 is 17.6 Å². The van der Waals surface area contributed by atoms with Crippen molar-refractivity contribution in [1.29, 1.82) is 0 Å². The molecule has 1 aromatic heterocycles. The van der Waals surface area contributed by atoms with Gasteiger partial charge in [0, 0.05) is 6.20 Å². The molecule has 2 rings (SSSR count). The van der Waals surface area contributed by atoms with Crippen LogP contribution in [0.5, 0.6) is 0 Å². The van der Waals surface area contributed by atoms with E-state index in [2.05, 4.69) is 5.10 Å². The number of nitrogens with one attached hydrogen (secondary N) is 1. The molecule has 1 heterocycles. The molecule has 2 aromatic rings. The van der Waals surface area contributed by atoms with E-state index in [4.69, 9.17) is 5.11 Å². The first-order valence-corrected chi connectivity index (χ1v) is 6.43. The van der Waals surface area contributed by atoms with E-state index in [1.54, 1.807) is 0 Å². The van der Waals surface area contributed by atoms with Crippen molar-refractivity contribution in [2.45, 2.75) is 12.7 Å². The molecule has 2 N–H and O–H groups in total. The van der Waals surface area contributed by atoms with Crippen LogP contribution in [0.25, 0.3) is 0 Å². The third kappa shape index (κ3) is 3.60. The second kappa shape index (κ2) is 6.65. The van der Waals surface area contributed by atoms with Crippen molar-refractivity contribution in [1.82, 2.24) is 9.78 Å². The van der Waals surface area contributed by atoms with Crippen molar-refractivity contribution in [2.75, 3.05) is 5.32 Å². The third-order valence-corrected chi connectivity index (χ3v) is 2.96. The number of halogens is 7. The maximum Gasteiger partial charge on any atom is 0.422 e. The van der Waals surface area contributed by atoms with Crippen LogP contribution in [-0.4, -0.2) is 26.8 Å². The van der Waals surface area contributed by atoms with E-state index in [-0.39, 0.29) is 0 Å². The summed E-state index contributed by atoms with van der Waals surface area (Å²) in [7, 11) is 0. The lowest BCUT2D eigenvalue weighted by molar-refractivity contribution is -0.143. The first-order chi connectivity index (χ1) is 11.9. The summed E-state index contributed by atoms with van der Waals surface area (Å²) in [4.78, 5) is 22.3. The molecule has 0 aliphatic carbocycles. The van der Waals surface area contributed by atoms with Gasteiger partial charge in [-0.2, -0.15) is 18.3 Å². The molecule has 0 unspecified atom stereocenters. The number of hydrogen-bond donors (Lipinski definition) is 2. The molecule has 0 saturated carbocycles. The molecule has 0 fully saturated rings. The van der Waals surface area contributed by atoms with Crippen LogP contribution >= 0.6 is 0 Å². The Kier molecular flexibility index (Phi) is 4.91.